The Hall–Kier alpha value is -3.38. The van der Waals surface area contributed by atoms with E-state index in [1.165, 1.54) is 11.0 Å². The number of anilines is 1. The molecule has 0 radical (unpaired) electrons. The van der Waals surface area contributed by atoms with Crippen LogP contribution in [-0.4, -0.2) is 23.1 Å². The van der Waals surface area contributed by atoms with Gasteiger partial charge >= 0.3 is 0 Å². The Kier molecular flexibility index (Phi) is 7.40. The van der Waals surface area contributed by atoms with Crippen molar-refractivity contribution in [1.82, 2.24) is 10.3 Å². The van der Waals surface area contributed by atoms with Crippen LogP contribution in [0.2, 0.25) is 0 Å². The fourth-order valence-electron chi connectivity index (χ4n) is 2.79. The summed E-state index contributed by atoms with van der Waals surface area (Å²) in [6, 6.07) is 18.6. The van der Waals surface area contributed by atoms with Gasteiger partial charge in [0.15, 0.2) is 0 Å². The van der Waals surface area contributed by atoms with Crippen LogP contribution in [0.5, 0.6) is 0 Å². The van der Waals surface area contributed by atoms with Gasteiger partial charge in [-0.1, -0.05) is 24.3 Å². The molecule has 2 aromatic carbocycles. The molecule has 0 spiro atoms. The van der Waals surface area contributed by atoms with Crippen molar-refractivity contribution in [2.24, 2.45) is 0 Å². The van der Waals surface area contributed by atoms with E-state index < -0.39 is 0 Å². The number of nitrogens with zero attached hydrogens (tertiary/aromatic N) is 1. The molecule has 30 heavy (non-hydrogen) atoms. The number of amides is 2. The second-order valence-electron chi connectivity index (χ2n) is 6.65. The van der Waals surface area contributed by atoms with Gasteiger partial charge in [-0.15, -0.1) is 11.8 Å². The SMILES string of the molecule is CSc1ccc(/C=C/C(=O)NC(C)c2ccc(NC(=O)c3ccncc3)cc2)cc1. The summed E-state index contributed by atoms with van der Waals surface area (Å²) in [5, 5.41) is 5.80. The smallest absolute Gasteiger partial charge is 0.255 e. The van der Waals surface area contributed by atoms with Crippen LogP contribution in [0.3, 0.4) is 0 Å². The van der Waals surface area contributed by atoms with Crippen LogP contribution in [0.4, 0.5) is 5.69 Å². The summed E-state index contributed by atoms with van der Waals surface area (Å²) in [7, 11) is 0. The Bertz CT molecular complexity index is 1020. The van der Waals surface area contributed by atoms with Gasteiger partial charge in [0.1, 0.15) is 0 Å². The van der Waals surface area contributed by atoms with Gasteiger partial charge in [0.2, 0.25) is 5.91 Å². The molecule has 0 saturated carbocycles. The zero-order valence-electron chi connectivity index (χ0n) is 16.8. The van der Waals surface area contributed by atoms with E-state index in [1.807, 2.05) is 61.7 Å². The highest BCUT2D eigenvalue weighted by Crippen LogP contribution is 2.18. The fourth-order valence-corrected chi connectivity index (χ4v) is 3.20. The van der Waals surface area contributed by atoms with E-state index >= 15 is 0 Å². The van der Waals surface area contributed by atoms with Gasteiger partial charge in [0.05, 0.1) is 6.04 Å². The van der Waals surface area contributed by atoms with Crippen molar-refractivity contribution in [3.63, 3.8) is 0 Å². The Labute approximate surface area is 180 Å². The molecular weight excluding hydrogens is 394 g/mol. The Morgan fingerprint density at radius 1 is 0.967 bits per heavy atom. The second kappa shape index (κ2) is 10.4. The molecule has 0 saturated heterocycles. The number of carbonyl (C=O) groups is 2. The van der Waals surface area contributed by atoms with E-state index in [4.69, 9.17) is 0 Å². The quantitative estimate of drug-likeness (QED) is 0.422. The molecule has 2 amide bonds. The van der Waals surface area contributed by atoms with Gasteiger partial charge in [-0.05, 0) is 66.8 Å². The van der Waals surface area contributed by atoms with E-state index in [1.54, 1.807) is 42.4 Å². The molecule has 2 N–H and O–H groups in total. The number of benzene rings is 2. The van der Waals surface area contributed by atoms with E-state index in [2.05, 4.69) is 15.6 Å². The average molecular weight is 418 g/mol. The van der Waals surface area contributed by atoms with Crippen LogP contribution in [-0.2, 0) is 4.79 Å². The fraction of sp³-hybridized carbons (Fsp3) is 0.125. The third-order valence-corrected chi connectivity index (χ3v) is 5.26. The lowest BCUT2D eigenvalue weighted by molar-refractivity contribution is -0.117. The van der Waals surface area contributed by atoms with E-state index in [0.29, 0.717) is 11.3 Å². The van der Waals surface area contributed by atoms with Crippen LogP contribution < -0.4 is 10.6 Å². The molecular formula is C24H23N3O2S. The van der Waals surface area contributed by atoms with Crippen LogP contribution in [0.15, 0.2) is 84.0 Å². The topological polar surface area (TPSA) is 71.1 Å². The molecule has 0 aliphatic rings. The lowest BCUT2D eigenvalue weighted by Gasteiger charge is -2.14. The largest absolute Gasteiger partial charge is 0.346 e. The lowest BCUT2D eigenvalue weighted by Crippen LogP contribution is -2.24. The maximum Gasteiger partial charge on any atom is 0.255 e. The van der Waals surface area contributed by atoms with E-state index in [-0.39, 0.29) is 17.9 Å². The van der Waals surface area contributed by atoms with Crippen LogP contribution in [0.1, 0.15) is 34.5 Å². The standard InChI is InChI=1S/C24H23N3O2S/c1-17(26-23(28)12-5-18-3-10-22(30-2)11-4-18)19-6-8-21(9-7-19)27-24(29)20-13-15-25-16-14-20/h3-17H,1-2H3,(H,26,28)(H,27,29)/b12-5+. The van der Waals surface area contributed by atoms with Crippen molar-refractivity contribution in [3.05, 3.63) is 95.8 Å². The first-order valence-corrected chi connectivity index (χ1v) is 10.7. The van der Waals surface area contributed by atoms with Crippen LogP contribution in [0, 0.1) is 0 Å². The number of thioether (sulfide) groups is 1. The van der Waals surface area contributed by atoms with Crippen LogP contribution in [0.25, 0.3) is 6.08 Å². The summed E-state index contributed by atoms with van der Waals surface area (Å²) in [6.45, 7) is 1.92. The highest BCUT2D eigenvalue weighted by Gasteiger charge is 2.09. The third-order valence-electron chi connectivity index (χ3n) is 4.51. The van der Waals surface area contributed by atoms with Crippen molar-refractivity contribution in [3.8, 4) is 0 Å². The van der Waals surface area contributed by atoms with Gasteiger partial charge in [0, 0.05) is 34.6 Å². The summed E-state index contributed by atoms with van der Waals surface area (Å²) in [5.74, 6) is -0.353. The minimum atomic E-state index is -0.192. The first-order valence-electron chi connectivity index (χ1n) is 9.49. The predicted octanol–water partition coefficient (Wildman–Crippen LogP) is 4.95. The van der Waals surface area contributed by atoms with E-state index in [0.717, 1.165) is 11.1 Å². The van der Waals surface area contributed by atoms with Gasteiger partial charge in [-0.2, -0.15) is 0 Å². The highest BCUT2D eigenvalue weighted by molar-refractivity contribution is 7.98. The number of rotatable bonds is 7. The monoisotopic (exact) mass is 417 g/mol. The molecule has 1 unspecified atom stereocenters. The maximum absolute atomic E-state index is 12.2. The molecule has 0 bridgehead atoms. The molecule has 3 aromatic rings. The molecule has 0 fully saturated rings. The second-order valence-corrected chi connectivity index (χ2v) is 7.53. The maximum atomic E-state index is 12.2. The first-order chi connectivity index (χ1) is 14.5. The zero-order valence-corrected chi connectivity index (χ0v) is 17.6. The molecule has 5 nitrogen and oxygen atoms in total. The minimum absolute atomic E-state index is 0.161. The van der Waals surface area contributed by atoms with Crippen molar-refractivity contribution >= 4 is 35.3 Å². The number of nitrogens with one attached hydrogen (secondary N) is 2. The number of hydrogen-bond acceptors (Lipinski definition) is 4. The average Bonchev–Trinajstić information content (AvgIpc) is 2.79. The first kappa shape index (κ1) is 21.3. The molecule has 1 aromatic heterocycles. The van der Waals surface area contributed by atoms with Crippen molar-refractivity contribution in [2.45, 2.75) is 17.9 Å². The normalized spacial score (nSPS) is 11.8. The van der Waals surface area contributed by atoms with E-state index in [9.17, 15) is 9.59 Å². The molecule has 0 aliphatic carbocycles. The molecule has 6 heteroatoms. The summed E-state index contributed by atoms with van der Waals surface area (Å²) in [4.78, 5) is 29.5. The van der Waals surface area contributed by atoms with Gasteiger partial charge in [-0.25, -0.2) is 0 Å². The molecule has 1 heterocycles. The predicted molar refractivity (Wildman–Crippen MR) is 122 cm³/mol. The summed E-state index contributed by atoms with van der Waals surface area (Å²) < 4.78 is 0. The Morgan fingerprint density at radius 2 is 1.63 bits per heavy atom. The lowest BCUT2D eigenvalue weighted by atomic mass is 10.1. The summed E-state index contributed by atoms with van der Waals surface area (Å²) >= 11 is 1.68. The number of pyridine rings is 1. The molecule has 0 aliphatic heterocycles. The molecule has 152 valence electrons. The minimum Gasteiger partial charge on any atom is -0.346 e. The molecule has 3 rings (SSSR count). The van der Waals surface area contributed by atoms with Crippen LogP contribution >= 0.6 is 11.8 Å². The number of aromatic nitrogens is 1. The summed E-state index contributed by atoms with van der Waals surface area (Å²) in [5.41, 5.74) is 3.16. The Morgan fingerprint density at radius 3 is 2.27 bits per heavy atom. The third kappa shape index (κ3) is 6.06. The van der Waals surface area contributed by atoms with Gasteiger partial charge < -0.3 is 10.6 Å². The van der Waals surface area contributed by atoms with Gasteiger partial charge in [-0.3, -0.25) is 14.6 Å². The summed E-state index contributed by atoms with van der Waals surface area (Å²) in [6.07, 6.45) is 8.52. The number of carbonyl (C=O) groups excluding carboxylic acids is 2. The molecule has 1 atom stereocenters. The van der Waals surface area contributed by atoms with Gasteiger partial charge in [0.25, 0.3) is 5.91 Å². The zero-order chi connectivity index (χ0) is 21.3. The highest BCUT2D eigenvalue weighted by atomic mass is 32.2. The Balaban J connectivity index is 1.54. The number of hydrogen-bond donors (Lipinski definition) is 2. The van der Waals surface area contributed by atoms with Crippen molar-refractivity contribution in [2.75, 3.05) is 11.6 Å². The van der Waals surface area contributed by atoms with Crippen molar-refractivity contribution in [1.29, 1.82) is 0 Å². The van der Waals surface area contributed by atoms with Crippen molar-refractivity contribution < 1.29 is 9.59 Å².